The van der Waals surface area contributed by atoms with Gasteiger partial charge in [0, 0.05) is 19.3 Å². The van der Waals surface area contributed by atoms with Crippen LogP contribution in [0, 0.1) is 0 Å². The summed E-state index contributed by atoms with van der Waals surface area (Å²) in [7, 11) is 0. The zero-order chi connectivity index (χ0) is 13.0. The number of aromatic nitrogens is 4. The molecule has 96 valence electrons. The van der Waals surface area contributed by atoms with Crippen LogP contribution in [0.1, 0.15) is 18.9 Å². The Bertz CT molecular complexity index is 560. The molecule has 2 aromatic heterocycles. The lowest BCUT2D eigenvalue weighted by Crippen LogP contribution is -2.17. The zero-order valence-corrected chi connectivity index (χ0v) is 10.9. The molecule has 3 N–H and O–H groups in total. The number of H-pyrrole nitrogens is 1. The predicted molar refractivity (Wildman–Crippen MR) is 69.4 cm³/mol. The number of pyridine rings is 1. The third kappa shape index (κ3) is 2.80. The van der Waals surface area contributed by atoms with Crippen LogP contribution in [-0.4, -0.2) is 19.7 Å². The van der Waals surface area contributed by atoms with Gasteiger partial charge in [-0.25, -0.2) is 14.9 Å². The second-order valence-corrected chi connectivity index (χ2v) is 4.76. The van der Waals surface area contributed by atoms with Gasteiger partial charge in [0.2, 0.25) is 0 Å². The summed E-state index contributed by atoms with van der Waals surface area (Å²) in [4.78, 5) is 15.8. The molecule has 0 unspecified atom stereocenters. The lowest BCUT2D eigenvalue weighted by Gasteiger charge is -2.03. The average molecular weight is 265 g/mol. The van der Waals surface area contributed by atoms with Crippen LogP contribution in [0.2, 0.25) is 0 Å². The van der Waals surface area contributed by atoms with Crippen molar-refractivity contribution in [2.45, 2.75) is 36.6 Å². The predicted octanol–water partition coefficient (Wildman–Crippen LogP) is 0.986. The highest BCUT2D eigenvalue weighted by atomic mass is 32.2. The van der Waals surface area contributed by atoms with E-state index in [1.807, 2.05) is 19.1 Å². The Labute approximate surface area is 109 Å². The summed E-state index contributed by atoms with van der Waals surface area (Å²) in [6.07, 6.45) is 2.61. The Kier molecular flexibility index (Phi) is 4.16. The first-order chi connectivity index (χ1) is 8.74. The maximum Gasteiger partial charge on any atom is 0.343 e. The number of hydrogen-bond acceptors (Lipinski definition) is 5. The van der Waals surface area contributed by atoms with Crippen LogP contribution >= 0.6 is 11.8 Å². The normalized spacial score (nSPS) is 10.8. The highest BCUT2D eigenvalue weighted by Crippen LogP contribution is 2.22. The van der Waals surface area contributed by atoms with Crippen molar-refractivity contribution in [1.29, 1.82) is 0 Å². The summed E-state index contributed by atoms with van der Waals surface area (Å²) in [6.45, 7) is 3.14. The van der Waals surface area contributed by atoms with Crippen LogP contribution in [0.4, 0.5) is 0 Å². The summed E-state index contributed by atoms with van der Waals surface area (Å²) in [6, 6.07) is 3.80. The van der Waals surface area contributed by atoms with E-state index in [1.165, 1.54) is 11.8 Å². The van der Waals surface area contributed by atoms with E-state index in [9.17, 15) is 4.79 Å². The molecule has 0 aliphatic carbocycles. The molecule has 0 spiro atoms. The van der Waals surface area contributed by atoms with Gasteiger partial charge < -0.3 is 5.73 Å². The summed E-state index contributed by atoms with van der Waals surface area (Å²) in [5.74, 6) is 0. The molecular formula is C11H15N5OS. The van der Waals surface area contributed by atoms with E-state index in [-0.39, 0.29) is 5.69 Å². The van der Waals surface area contributed by atoms with Crippen LogP contribution in [-0.2, 0) is 13.1 Å². The molecule has 7 heteroatoms. The fourth-order valence-electron chi connectivity index (χ4n) is 1.49. The maximum absolute atomic E-state index is 11.5. The van der Waals surface area contributed by atoms with Crippen LogP contribution in [0.3, 0.4) is 0 Å². The van der Waals surface area contributed by atoms with Crippen molar-refractivity contribution in [3.05, 3.63) is 34.4 Å². The van der Waals surface area contributed by atoms with Crippen molar-refractivity contribution in [1.82, 2.24) is 19.7 Å². The van der Waals surface area contributed by atoms with E-state index in [4.69, 9.17) is 5.73 Å². The van der Waals surface area contributed by atoms with Gasteiger partial charge in [0.25, 0.3) is 0 Å². The fourth-order valence-corrected chi connectivity index (χ4v) is 2.29. The molecule has 0 aliphatic rings. The zero-order valence-electron chi connectivity index (χ0n) is 10.1. The number of nitrogens with zero attached hydrogens (tertiary/aromatic N) is 3. The molecule has 2 heterocycles. The highest BCUT2D eigenvalue weighted by Gasteiger charge is 2.09. The lowest BCUT2D eigenvalue weighted by molar-refractivity contribution is 0.603. The Balaban J connectivity index is 2.20. The molecule has 0 aliphatic heterocycles. The monoisotopic (exact) mass is 265 g/mol. The standard InChI is InChI=1S/C11H15N5OS/c1-2-5-16-10(17)14-15-11(16)18-9-4-3-8(6-12)7-13-9/h3-4,7H,2,5-6,12H2,1H3,(H,14,17). The fraction of sp³-hybridized carbons (Fsp3) is 0.364. The molecule has 0 radical (unpaired) electrons. The van der Waals surface area contributed by atoms with Crippen molar-refractivity contribution in [3.63, 3.8) is 0 Å². The van der Waals surface area contributed by atoms with E-state index in [0.29, 0.717) is 18.2 Å². The minimum atomic E-state index is -0.182. The van der Waals surface area contributed by atoms with Gasteiger partial charge in [-0.2, -0.15) is 0 Å². The summed E-state index contributed by atoms with van der Waals surface area (Å²) < 4.78 is 1.61. The van der Waals surface area contributed by atoms with Gasteiger partial charge >= 0.3 is 5.69 Å². The van der Waals surface area contributed by atoms with E-state index in [2.05, 4.69) is 15.2 Å². The van der Waals surface area contributed by atoms with Crippen molar-refractivity contribution in [2.75, 3.05) is 0 Å². The van der Waals surface area contributed by atoms with E-state index < -0.39 is 0 Å². The third-order valence-corrected chi connectivity index (χ3v) is 3.34. The van der Waals surface area contributed by atoms with Gasteiger partial charge in [-0.15, -0.1) is 5.10 Å². The molecule has 6 nitrogen and oxygen atoms in total. The minimum absolute atomic E-state index is 0.182. The topological polar surface area (TPSA) is 89.6 Å². The van der Waals surface area contributed by atoms with Crippen molar-refractivity contribution >= 4 is 11.8 Å². The Morgan fingerprint density at radius 2 is 2.33 bits per heavy atom. The van der Waals surface area contributed by atoms with E-state index in [1.54, 1.807) is 10.8 Å². The molecule has 0 bridgehead atoms. The van der Waals surface area contributed by atoms with Crippen molar-refractivity contribution in [3.8, 4) is 0 Å². The molecule has 2 aromatic rings. The first-order valence-electron chi connectivity index (χ1n) is 5.72. The quantitative estimate of drug-likeness (QED) is 0.841. The molecule has 0 aromatic carbocycles. The molecule has 0 fully saturated rings. The Hall–Kier alpha value is -1.60. The second kappa shape index (κ2) is 5.83. The molecule has 0 amide bonds. The highest BCUT2D eigenvalue weighted by molar-refractivity contribution is 7.99. The minimum Gasteiger partial charge on any atom is -0.326 e. The van der Waals surface area contributed by atoms with Crippen LogP contribution in [0.5, 0.6) is 0 Å². The summed E-state index contributed by atoms with van der Waals surface area (Å²) >= 11 is 1.36. The second-order valence-electron chi connectivity index (χ2n) is 3.77. The van der Waals surface area contributed by atoms with Crippen molar-refractivity contribution < 1.29 is 0 Å². The van der Waals surface area contributed by atoms with E-state index >= 15 is 0 Å². The third-order valence-electron chi connectivity index (χ3n) is 2.40. The SMILES string of the molecule is CCCn1c(Sc2ccc(CN)cn2)n[nH]c1=O. The smallest absolute Gasteiger partial charge is 0.326 e. The number of nitrogens with one attached hydrogen (secondary N) is 1. The molecular weight excluding hydrogens is 250 g/mol. The molecule has 0 saturated heterocycles. The van der Waals surface area contributed by atoms with Gasteiger partial charge in [-0.1, -0.05) is 13.0 Å². The van der Waals surface area contributed by atoms with Crippen LogP contribution < -0.4 is 11.4 Å². The van der Waals surface area contributed by atoms with Crippen molar-refractivity contribution in [2.24, 2.45) is 5.73 Å². The van der Waals surface area contributed by atoms with E-state index in [0.717, 1.165) is 17.0 Å². The molecule has 18 heavy (non-hydrogen) atoms. The molecule has 0 atom stereocenters. The van der Waals surface area contributed by atoms with Gasteiger partial charge in [0.1, 0.15) is 5.03 Å². The average Bonchev–Trinajstić information content (AvgIpc) is 2.73. The van der Waals surface area contributed by atoms with Gasteiger partial charge in [-0.05, 0) is 29.8 Å². The van der Waals surface area contributed by atoms with Crippen LogP contribution in [0.25, 0.3) is 0 Å². The van der Waals surface area contributed by atoms with Gasteiger partial charge in [-0.3, -0.25) is 4.57 Å². The summed E-state index contributed by atoms with van der Waals surface area (Å²) in [5.41, 5.74) is 6.31. The maximum atomic E-state index is 11.5. The molecule has 2 rings (SSSR count). The largest absolute Gasteiger partial charge is 0.343 e. The molecule has 0 saturated carbocycles. The number of rotatable bonds is 5. The first-order valence-corrected chi connectivity index (χ1v) is 6.54. The summed E-state index contributed by atoms with van der Waals surface area (Å²) in [5, 5.41) is 7.88. The lowest BCUT2D eigenvalue weighted by atomic mass is 10.3. The van der Waals surface area contributed by atoms with Gasteiger partial charge in [0.15, 0.2) is 5.16 Å². The Morgan fingerprint density at radius 3 is 2.94 bits per heavy atom. The Morgan fingerprint density at radius 1 is 1.50 bits per heavy atom. The number of nitrogens with two attached hydrogens (primary N) is 1. The van der Waals surface area contributed by atoms with Gasteiger partial charge in [0.05, 0.1) is 0 Å². The first kappa shape index (κ1) is 12.8. The number of hydrogen-bond donors (Lipinski definition) is 2. The number of aromatic amines is 1. The van der Waals surface area contributed by atoms with Crippen LogP contribution in [0.15, 0.2) is 33.3 Å².